The van der Waals surface area contributed by atoms with Gasteiger partial charge in [0.1, 0.15) is 6.61 Å². The van der Waals surface area contributed by atoms with E-state index in [-0.39, 0.29) is 31.0 Å². The summed E-state index contributed by atoms with van der Waals surface area (Å²) >= 11 is 0. The van der Waals surface area contributed by atoms with Crippen LogP contribution in [0.25, 0.3) is 0 Å². The highest BCUT2D eigenvalue weighted by molar-refractivity contribution is 5.67. The summed E-state index contributed by atoms with van der Waals surface area (Å²) in [6.45, 7) is 1.28. The van der Waals surface area contributed by atoms with Crippen LogP contribution in [0, 0.1) is 5.41 Å². The zero-order valence-electron chi connectivity index (χ0n) is 11.9. The van der Waals surface area contributed by atoms with Gasteiger partial charge in [0.25, 0.3) is 0 Å². The lowest BCUT2D eigenvalue weighted by atomic mass is 9.61. The van der Waals surface area contributed by atoms with Crippen LogP contribution in [-0.2, 0) is 11.3 Å². The quantitative estimate of drug-likeness (QED) is 0.829. The van der Waals surface area contributed by atoms with Gasteiger partial charge in [0.15, 0.2) is 0 Å². The second kappa shape index (κ2) is 5.28. The van der Waals surface area contributed by atoms with Crippen LogP contribution in [0.1, 0.15) is 31.2 Å². The number of likely N-dealkylation sites (tertiary alicyclic amines) is 1. The summed E-state index contributed by atoms with van der Waals surface area (Å²) in [6.07, 6.45) is 0.922. The van der Waals surface area contributed by atoms with Gasteiger partial charge < -0.3 is 9.64 Å². The fourth-order valence-corrected chi connectivity index (χ4v) is 3.37. The minimum Gasteiger partial charge on any atom is -0.445 e. The number of nitrogens with zero attached hydrogens (tertiary/aromatic N) is 1. The fourth-order valence-electron chi connectivity index (χ4n) is 3.37. The van der Waals surface area contributed by atoms with Crippen LogP contribution in [-0.4, -0.2) is 30.0 Å². The molecule has 0 atom stereocenters. The Hall–Kier alpha value is -1.65. The third kappa shape index (κ3) is 3.17. The molecule has 0 unspecified atom stereocenters. The molecule has 2 aliphatic rings. The monoisotopic (exact) mass is 295 g/mol. The van der Waals surface area contributed by atoms with Crippen molar-refractivity contribution in [2.45, 2.75) is 38.2 Å². The van der Waals surface area contributed by atoms with E-state index in [1.807, 2.05) is 30.3 Å². The van der Waals surface area contributed by atoms with Crippen molar-refractivity contribution >= 4 is 6.09 Å². The molecule has 1 aromatic carbocycles. The summed E-state index contributed by atoms with van der Waals surface area (Å²) in [4.78, 5) is 13.6. The highest BCUT2D eigenvalue weighted by atomic mass is 19.3. The molecule has 1 aliphatic heterocycles. The van der Waals surface area contributed by atoms with Crippen LogP contribution in [0.15, 0.2) is 30.3 Å². The molecule has 3 rings (SSSR count). The maximum atomic E-state index is 13.0. The van der Waals surface area contributed by atoms with E-state index in [0.717, 1.165) is 5.56 Å². The number of benzene rings is 1. The molecule has 0 aromatic heterocycles. The molecule has 0 bridgehead atoms. The summed E-state index contributed by atoms with van der Waals surface area (Å²) in [5.41, 5.74) is 0.706. The minimum atomic E-state index is -2.49. The van der Waals surface area contributed by atoms with Crippen LogP contribution < -0.4 is 0 Å². The van der Waals surface area contributed by atoms with Gasteiger partial charge in [-0.1, -0.05) is 30.3 Å². The third-order valence-electron chi connectivity index (χ3n) is 4.55. The van der Waals surface area contributed by atoms with E-state index in [9.17, 15) is 13.6 Å². The first-order valence-electron chi connectivity index (χ1n) is 7.32. The predicted octanol–water partition coefficient (Wildman–Crippen LogP) is 3.83. The summed E-state index contributed by atoms with van der Waals surface area (Å²) < 4.78 is 31.3. The average molecular weight is 295 g/mol. The number of carbonyl (C=O) groups excluding carboxylic acids is 1. The zero-order valence-corrected chi connectivity index (χ0v) is 11.9. The summed E-state index contributed by atoms with van der Waals surface area (Å²) in [5.74, 6) is -2.49. The Morgan fingerprint density at radius 1 is 1.14 bits per heavy atom. The van der Waals surface area contributed by atoms with Crippen molar-refractivity contribution in [3.05, 3.63) is 35.9 Å². The van der Waals surface area contributed by atoms with Crippen LogP contribution >= 0.6 is 0 Å². The Bertz CT molecular complexity index is 500. The largest absolute Gasteiger partial charge is 0.445 e. The van der Waals surface area contributed by atoms with Crippen LogP contribution in [0.3, 0.4) is 0 Å². The van der Waals surface area contributed by atoms with Crippen molar-refractivity contribution in [3.8, 4) is 0 Å². The molecular weight excluding hydrogens is 276 g/mol. The fraction of sp³-hybridized carbons (Fsp3) is 0.562. The summed E-state index contributed by atoms with van der Waals surface area (Å²) in [7, 11) is 0. The van der Waals surface area contributed by atoms with Crippen molar-refractivity contribution < 1.29 is 18.3 Å². The molecule has 1 saturated heterocycles. The normalized spacial score (nSPS) is 22.7. The molecule has 1 spiro atoms. The second-order valence-corrected chi connectivity index (χ2v) is 6.24. The second-order valence-electron chi connectivity index (χ2n) is 6.24. The topological polar surface area (TPSA) is 29.5 Å². The maximum Gasteiger partial charge on any atom is 0.410 e. The number of halogens is 2. The number of ether oxygens (including phenoxy) is 1. The number of amides is 1. The number of hydrogen-bond donors (Lipinski definition) is 0. The number of hydrogen-bond acceptors (Lipinski definition) is 2. The Kier molecular flexibility index (Phi) is 3.59. The lowest BCUT2D eigenvalue weighted by Gasteiger charge is -2.51. The highest BCUT2D eigenvalue weighted by Crippen LogP contribution is 2.57. The van der Waals surface area contributed by atoms with Gasteiger partial charge in [-0.05, 0) is 23.8 Å². The zero-order chi connectivity index (χ0) is 14.9. The molecule has 5 heteroatoms. The Labute approximate surface area is 122 Å². The van der Waals surface area contributed by atoms with E-state index in [0.29, 0.717) is 25.9 Å². The van der Waals surface area contributed by atoms with Crippen molar-refractivity contribution in [1.82, 2.24) is 4.90 Å². The Balaban J connectivity index is 1.45. The molecule has 0 N–H and O–H groups in total. The third-order valence-corrected chi connectivity index (χ3v) is 4.55. The van der Waals surface area contributed by atoms with Gasteiger partial charge >= 0.3 is 6.09 Å². The van der Waals surface area contributed by atoms with E-state index in [2.05, 4.69) is 0 Å². The van der Waals surface area contributed by atoms with Gasteiger partial charge in [-0.3, -0.25) is 0 Å². The molecule has 1 aliphatic carbocycles. The SMILES string of the molecule is O=C(OCc1ccccc1)N1CCC2(CC1)CC(F)(F)C2. The molecule has 0 radical (unpaired) electrons. The summed E-state index contributed by atoms with van der Waals surface area (Å²) in [6, 6.07) is 9.49. The first-order chi connectivity index (χ1) is 9.98. The van der Waals surface area contributed by atoms with Crippen LogP contribution in [0.2, 0.25) is 0 Å². The number of carbonyl (C=O) groups is 1. The molecular formula is C16H19F2NO2. The van der Waals surface area contributed by atoms with Crippen LogP contribution in [0.4, 0.5) is 13.6 Å². The molecule has 21 heavy (non-hydrogen) atoms. The van der Waals surface area contributed by atoms with Crippen molar-refractivity contribution in [1.29, 1.82) is 0 Å². The average Bonchev–Trinajstić information content (AvgIpc) is 2.44. The van der Waals surface area contributed by atoms with Crippen LogP contribution in [0.5, 0.6) is 0 Å². The lowest BCUT2D eigenvalue weighted by molar-refractivity contribution is -0.176. The standard InChI is InChI=1S/C16H19F2NO2/c17-16(18)11-15(12-16)6-8-19(9-7-15)14(20)21-10-13-4-2-1-3-5-13/h1-5H,6-12H2. The van der Waals surface area contributed by atoms with Crippen molar-refractivity contribution in [2.75, 3.05) is 13.1 Å². The van der Waals surface area contributed by atoms with Gasteiger partial charge in [-0.15, -0.1) is 0 Å². The van der Waals surface area contributed by atoms with Gasteiger partial charge in [0, 0.05) is 25.9 Å². The smallest absolute Gasteiger partial charge is 0.410 e. The van der Waals surface area contributed by atoms with Crippen molar-refractivity contribution in [2.24, 2.45) is 5.41 Å². The molecule has 1 saturated carbocycles. The molecule has 1 aromatic rings. The highest BCUT2D eigenvalue weighted by Gasteiger charge is 2.57. The maximum absolute atomic E-state index is 13.0. The van der Waals surface area contributed by atoms with Gasteiger partial charge in [0.2, 0.25) is 5.92 Å². The molecule has 3 nitrogen and oxygen atoms in total. The Morgan fingerprint density at radius 3 is 2.33 bits per heavy atom. The molecule has 2 fully saturated rings. The van der Waals surface area contributed by atoms with E-state index < -0.39 is 5.92 Å². The Morgan fingerprint density at radius 2 is 1.76 bits per heavy atom. The molecule has 1 amide bonds. The minimum absolute atomic E-state index is 0.0209. The van der Waals surface area contributed by atoms with E-state index in [4.69, 9.17) is 4.74 Å². The van der Waals surface area contributed by atoms with Gasteiger partial charge in [0.05, 0.1) is 0 Å². The molecule has 1 heterocycles. The van der Waals surface area contributed by atoms with E-state index in [1.54, 1.807) is 4.90 Å². The van der Waals surface area contributed by atoms with E-state index >= 15 is 0 Å². The number of piperidine rings is 1. The van der Waals surface area contributed by atoms with Gasteiger partial charge in [-0.2, -0.15) is 0 Å². The van der Waals surface area contributed by atoms with Crippen molar-refractivity contribution in [3.63, 3.8) is 0 Å². The predicted molar refractivity (Wildman–Crippen MR) is 74.0 cm³/mol. The van der Waals surface area contributed by atoms with Gasteiger partial charge in [-0.25, -0.2) is 13.6 Å². The lowest BCUT2D eigenvalue weighted by Crippen LogP contribution is -2.53. The summed E-state index contributed by atoms with van der Waals surface area (Å²) in [5, 5.41) is 0. The van der Waals surface area contributed by atoms with E-state index in [1.165, 1.54) is 0 Å². The molecule has 114 valence electrons. The first-order valence-corrected chi connectivity index (χ1v) is 7.32. The number of alkyl halides is 2. The number of rotatable bonds is 2. The first kappa shape index (κ1) is 14.3.